The highest BCUT2D eigenvalue weighted by Crippen LogP contribution is 2.32. The third kappa shape index (κ3) is 3.34. The summed E-state index contributed by atoms with van der Waals surface area (Å²) in [4.78, 5) is 13.1. The van der Waals surface area contributed by atoms with E-state index in [1.54, 1.807) is 12.1 Å². The number of nitrogens with one attached hydrogen (secondary N) is 1. The van der Waals surface area contributed by atoms with Crippen LogP contribution in [0.25, 0.3) is 11.7 Å². The number of hydrogen-bond acceptors (Lipinski definition) is 8. The van der Waals surface area contributed by atoms with Gasteiger partial charge >= 0.3 is 0 Å². The number of amides is 1. The van der Waals surface area contributed by atoms with Crippen molar-refractivity contribution >= 4 is 34.0 Å². The minimum absolute atomic E-state index is 0.0979. The second kappa shape index (κ2) is 6.90. The van der Waals surface area contributed by atoms with E-state index in [1.165, 1.54) is 17.6 Å². The van der Waals surface area contributed by atoms with Gasteiger partial charge in [-0.15, -0.1) is 21.5 Å². The van der Waals surface area contributed by atoms with E-state index in [0.717, 1.165) is 22.2 Å². The first-order chi connectivity index (χ1) is 11.6. The predicted molar refractivity (Wildman–Crippen MR) is 89.9 cm³/mol. The Morgan fingerprint density at radius 1 is 1.46 bits per heavy atom. The number of carbonyl (C=O) groups is 1. The number of anilines is 1. The number of rotatable bonds is 5. The van der Waals surface area contributed by atoms with Gasteiger partial charge in [-0.05, 0) is 31.5 Å². The minimum Gasteiger partial charge on any atom is -0.459 e. The third-order valence-corrected chi connectivity index (χ3v) is 5.16. The number of thiophene rings is 1. The zero-order valence-corrected chi connectivity index (χ0v) is 14.5. The molecule has 7 nitrogen and oxygen atoms in total. The standard InChI is InChI=1S/C15H12N4O3S2/c1-8-9(2)24-14(10(8)6-16)17-12(20)7-23-15-19-18-13(22-15)11-4-3-5-21-11/h3-5H,7H2,1-2H3,(H,17,20). The number of aryl methyl sites for hydroxylation is 1. The first kappa shape index (κ1) is 16.3. The Labute approximate surface area is 145 Å². The molecule has 0 fully saturated rings. The molecule has 0 aliphatic rings. The van der Waals surface area contributed by atoms with Gasteiger partial charge in [0.15, 0.2) is 5.76 Å². The van der Waals surface area contributed by atoms with E-state index in [1.807, 2.05) is 13.8 Å². The Hall–Kier alpha value is -2.57. The second-order valence-corrected chi connectivity index (χ2v) is 6.94. The molecule has 3 aromatic heterocycles. The van der Waals surface area contributed by atoms with Gasteiger partial charge in [0.25, 0.3) is 11.1 Å². The van der Waals surface area contributed by atoms with Crippen molar-refractivity contribution < 1.29 is 13.6 Å². The van der Waals surface area contributed by atoms with Gasteiger partial charge in [-0.1, -0.05) is 11.8 Å². The second-order valence-electron chi connectivity index (χ2n) is 4.79. The fourth-order valence-corrected chi connectivity index (χ4v) is 3.50. The molecule has 3 heterocycles. The number of hydrogen-bond donors (Lipinski definition) is 1. The Bertz CT molecular complexity index is 906. The number of nitriles is 1. The summed E-state index contributed by atoms with van der Waals surface area (Å²) in [6, 6.07) is 5.55. The van der Waals surface area contributed by atoms with E-state index in [2.05, 4.69) is 21.6 Å². The zero-order chi connectivity index (χ0) is 17.1. The summed E-state index contributed by atoms with van der Waals surface area (Å²) in [5.74, 6) is 0.595. The molecular weight excluding hydrogens is 348 g/mol. The van der Waals surface area contributed by atoms with Crippen LogP contribution < -0.4 is 5.32 Å². The molecule has 24 heavy (non-hydrogen) atoms. The summed E-state index contributed by atoms with van der Waals surface area (Å²) in [7, 11) is 0. The van der Waals surface area contributed by atoms with E-state index in [0.29, 0.717) is 16.3 Å². The average molecular weight is 360 g/mol. The highest BCUT2D eigenvalue weighted by molar-refractivity contribution is 7.99. The molecule has 0 saturated heterocycles. The smallest absolute Gasteiger partial charge is 0.284 e. The average Bonchev–Trinajstić information content (AvgIpc) is 3.28. The zero-order valence-electron chi connectivity index (χ0n) is 12.8. The van der Waals surface area contributed by atoms with Crippen molar-refractivity contribution in [3.63, 3.8) is 0 Å². The highest BCUT2D eigenvalue weighted by atomic mass is 32.2. The normalized spacial score (nSPS) is 10.5. The largest absolute Gasteiger partial charge is 0.459 e. The molecule has 122 valence electrons. The quantitative estimate of drug-likeness (QED) is 0.693. The minimum atomic E-state index is -0.240. The molecule has 0 unspecified atom stereocenters. The van der Waals surface area contributed by atoms with Crippen molar-refractivity contribution in [2.45, 2.75) is 19.1 Å². The van der Waals surface area contributed by atoms with Gasteiger partial charge in [0.1, 0.15) is 11.1 Å². The van der Waals surface area contributed by atoms with E-state index >= 15 is 0 Å². The molecule has 0 radical (unpaired) electrons. The lowest BCUT2D eigenvalue weighted by atomic mass is 10.2. The number of carbonyl (C=O) groups excluding carboxylic acids is 1. The molecule has 0 atom stereocenters. The van der Waals surface area contributed by atoms with Crippen LogP contribution in [0.1, 0.15) is 16.0 Å². The predicted octanol–water partition coefficient (Wildman–Crippen LogP) is 3.61. The van der Waals surface area contributed by atoms with Crippen LogP contribution in [-0.4, -0.2) is 21.9 Å². The van der Waals surface area contributed by atoms with Crippen molar-refractivity contribution in [1.82, 2.24) is 10.2 Å². The third-order valence-electron chi connectivity index (χ3n) is 3.22. The summed E-state index contributed by atoms with van der Waals surface area (Å²) < 4.78 is 10.6. The molecule has 1 amide bonds. The maximum absolute atomic E-state index is 12.1. The van der Waals surface area contributed by atoms with Gasteiger partial charge < -0.3 is 14.2 Å². The molecule has 0 aliphatic heterocycles. The Kier molecular flexibility index (Phi) is 4.69. The van der Waals surface area contributed by atoms with E-state index in [-0.39, 0.29) is 22.8 Å². The summed E-state index contributed by atoms with van der Waals surface area (Å²) in [6.45, 7) is 3.78. The fraction of sp³-hybridized carbons (Fsp3) is 0.200. The molecular formula is C15H12N4O3S2. The molecule has 3 rings (SSSR count). The van der Waals surface area contributed by atoms with Gasteiger partial charge in [-0.3, -0.25) is 4.79 Å². The molecule has 1 N–H and O–H groups in total. The van der Waals surface area contributed by atoms with E-state index < -0.39 is 0 Å². The molecule has 3 aromatic rings. The SMILES string of the molecule is Cc1sc(NC(=O)CSc2nnc(-c3ccco3)o2)c(C#N)c1C. The molecule has 0 saturated carbocycles. The monoisotopic (exact) mass is 360 g/mol. The van der Waals surface area contributed by atoms with Crippen LogP contribution in [0.2, 0.25) is 0 Å². The summed E-state index contributed by atoms with van der Waals surface area (Å²) in [5.41, 5.74) is 1.40. The molecule has 0 bridgehead atoms. The van der Waals surface area contributed by atoms with Gasteiger partial charge in [-0.25, -0.2) is 0 Å². The van der Waals surface area contributed by atoms with Gasteiger partial charge in [0, 0.05) is 4.88 Å². The molecule has 0 spiro atoms. The number of furan rings is 1. The van der Waals surface area contributed by atoms with E-state index in [4.69, 9.17) is 8.83 Å². The lowest BCUT2D eigenvalue weighted by Crippen LogP contribution is -2.13. The van der Waals surface area contributed by atoms with E-state index in [9.17, 15) is 10.1 Å². The lowest BCUT2D eigenvalue weighted by Gasteiger charge is -2.01. The van der Waals surface area contributed by atoms with Crippen molar-refractivity contribution in [2.24, 2.45) is 0 Å². The first-order valence-electron chi connectivity index (χ1n) is 6.88. The van der Waals surface area contributed by atoms with Crippen molar-refractivity contribution in [3.8, 4) is 17.7 Å². The number of nitrogens with zero attached hydrogens (tertiary/aromatic N) is 3. The Balaban J connectivity index is 1.60. The van der Waals surface area contributed by atoms with Crippen LogP contribution >= 0.6 is 23.1 Å². The maximum Gasteiger partial charge on any atom is 0.284 e. The van der Waals surface area contributed by atoms with Gasteiger partial charge in [0.05, 0.1) is 17.6 Å². The Morgan fingerprint density at radius 3 is 3.00 bits per heavy atom. The van der Waals surface area contributed by atoms with Crippen LogP contribution in [0.3, 0.4) is 0 Å². The van der Waals surface area contributed by atoms with Crippen LogP contribution in [0.4, 0.5) is 5.00 Å². The fourth-order valence-electron chi connectivity index (χ4n) is 1.91. The highest BCUT2D eigenvalue weighted by Gasteiger charge is 2.16. The first-order valence-corrected chi connectivity index (χ1v) is 8.69. The van der Waals surface area contributed by atoms with Crippen LogP contribution in [0, 0.1) is 25.2 Å². The lowest BCUT2D eigenvalue weighted by molar-refractivity contribution is -0.113. The van der Waals surface area contributed by atoms with Crippen LogP contribution in [-0.2, 0) is 4.79 Å². The van der Waals surface area contributed by atoms with Crippen LogP contribution in [0.5, 0.6) is 0 Å². The van der Waals surface area contributed by atoms with Crippen molar-refractivity contribution in [1.29, 1.82) is 5.26 Å². The molecule has 0 aliphatic carbocycles. The van der Waals surface area contributed by atoms with Crippen molar-refractivity contribution in [3.05, 3.63) is 34.4 Å². The van der Waals surface area contributed by atoms with Crippen molar-refractivity contribution in [2.75, 3.05) is 11.1 Å². The summed E-state index contributed by atoms with van der Waals surface area (Å²) in [6.07, 6.45) is 1.51. The number of thioether (sulfide) groups is 1. The van der Waals surface area contributed by atoms with Gasteiger partial charge in [-0.2, -0.15) is 5.26 Å². The topological polar surface area (TPSA) is 105 Å². The number of aromatic nitrogens is 2. The maximum atomic E-state index is 12.1. The Morgan fingerprint density at radius 2 is 2.29 bits per heavy atom. The summed E-state index contributed by atoms with van der Waals surface area (Å²) >= 11 is 2.51. The summed E-state index contributed by atoms with van der Waals surface area (Å²) in [5, 5.41) is 20.5. The van der Waals surface area contributed by atoms with Crippen LogP contribution in [0.15, 0.2) is 32.5 Å². The molecule has 9 heteroatoms. The van der Waals surface area contributed by atoms with Gasteiger partial charge in [0.2, 0.25) is 5.91 Å². The molecule has 0 aromatic carbocycles.